The van der Waals surface area contributed by atoms with Crippen LogP contribution in [0.2, 0.25) is 0 Å². The molecule has 0 saturated carbocycles. The van der Waals surface area contributed by atoms with Gasteiger partial charge in [0.15, 0.2) is 0 Å². The first-order valence-electron chi connectivity index (χ1n) is 25.8. The van der Waals surface area contributed by atoms with Gasteiger partial charge < -0.3 is 24.5 Å². The summed E-state index contributed by atoms with van der Waals surface area (Å²) in [6, 6.07) is 0. The lowest BCUT2D eigenvalue weighted by atomic mass is 10.1. The number of aliphatic carboxylic acids is 1. The van der Waals surface area contributed by atoms with Gasteiger partial charge in [-0.15, -0.1) is 0 Å². The number of carboxylic acids is 1. The molecule has 61 heavy (non-hydrogen) atoms. The zero-order valence-corrected chi connectivity index (χ0v) is 40.4. The van der Waals surface area contributed by atoms with Crippen LogP contribution in [0.3, 0.4) is 0 Å². The molecule has 2 amide bonds. The van der Waals surface area contributed by atoms with E-state index in [0.29, 0.717) is 65.3 Å². The van der Waals surface area contributed by atoms with Crippen LogP contribution >= 0.6 is 0 Å². The van der Waals surface area contributed by atoms with E-state index >= 15 is 0 Å². The number of piperazine rings is 1. The zero-order valence-electron chi connectivity index (χ0n) is 40.4. The van der Waals surface area contributed by atoms with Gasteiger partial charge >= 0.3 is 11.9 Å². The van der Waals surface area contributed by atoms with E-state index in [1.807, 2.05) is 9.80 Å². The summed E-state index contributed by atoms with van der Waals surface area (Å²) in [7, 11) is 0. The maximum atomic E-state index is 13.9. The number of nitrogens with zero attached hydrogens (tertiary/aromatic N) is 5. The van der Waals surface area contributed by atoms with Crippen LogP contribution in [0.4, 0.5) is 0 Å². The number of hydrogen-bond donors (Lipinski definition) is 1. The SMILES string of the molecule is CCCCCCCCCN(CCCC(=O)OCCCCC)CCN(CCCCCCCCC)CC(=O)N1CCN(C(=O)CN(CCCCCCCCC)CCCC(=O)O)CC1. The van der Waals surface area contributed by atoms with E-state index in [4.69, 9.17) is 4.74 Å². The van der Waals surface area contributed by atoms with Crippen molar-refractivity contribution >= 4 is 23.8 Å². The van der Waals surface area contributed by atoms with Crippen LogP contribution in [-0.4, -0.2) is 145 Å². The Morgan fingerprint density at radius 2 is 0.738 bits per heavy atom. The van der Waals surface area contributed by atoms with Gasteiger partial charge in [-0.1, -0.05) is 156 Å². The Morgan fingerprint density at radius 3 is 1.18 bits per heavy atom. The van der Waals surface area contributed by atoms with E-state index in [0.717, 1.165) is 90.6 Å². The third-order valence-corrected chi connectivity index (χ3v) is 12.4. The molecule has 0 atom stereocenters. The Morgan fingerprint density at radius 1 is 0.410 bits per heavy atom. The molecule has 11 nitrogen and oxygen atoms in total. The fourth-order valence-corrected chi connectivity index (χ4v) is 8.33. The monoisotopic (exact) mass is 864 g/mol. The molecule has 1 heterocycles. The highest BCUT2D eigenvalue weighted by Crippen LogP contribution is 2.13. The van der Waals surface area contributed by atoms with E-state index in [2.05, 4.69) is 42.4 Å². The molecule has 0 aromatic heterocycles. The van der Waals surface area contributed by atoms with Gasteiger partial charge in [-0.2, -0.15) is 0 Å². The third-order valence-electron chi connectivity index (χ3n) is 12.4. The van der Waals surface area contributed by atoms with Crippen molar-refractivity contribution in [3.8, 4) is 0 Å². The predicted molar refractivity (Wildman–Crippen MR) is 253 cm³/mol. The summed E-state index contributed by atoms with van der Waals surface area (Å²) in [5, 5.41) is 9.20. The summed E-state index contributed by atoms with van der Waals surface area (Å²) in [4.78, 5) is 61.9. The standard InChI is InChI=1S/C50H97N5O6/c1-5-9-13-16-19-22-25-33-51(36-30-32-50(60)61-44-28-12-8-4)38-39-53(35-27-24-21-18-15-11-7-3)46-48(57)55-42-40-54(41-43-55)47(56)45-52(37-29-31-49(58)59)34-26-23-20-17-14-10-6-2/h5-46H2,1-4H3,(H,58,59). The number of unbranched alkanes of at least 4 members (excludes halogenated alkanes) is 20. The molecule has 11 heteroatoms. The van der Waals surface area contributed by atoms with Crippen molar-refractivity contribution in [1.29, 1.82) is 0 Å². The van der Waals surface area contributed by atoms with Gasteiger partial charge in [0.1, 0.15) is 0 Å². The van der Waals surface area contributed by atoms with Crippen molar-refractivity contribution in [2.24, 2.45) is 0 Å². The van der Waals surface area contributed by atoms with Crippen molar-refractivity contribution < 1.29 is 29.0 Å². The molecule has 358 valence electrons. The highest BCUT2D eigenvalue weighted by Gasteiger charge is 2.26. The normalized spacial score (nSPS) is 13.2. The van der Waals surface area contributed by atoms with E-state index < -0.39 is 5.97 Å². The van der Waals surface area contributed by atoms with Crippen molar-refractivity contribution in [1.82, 2.24) is 24.5 Å². The van der Waals surface area contributed by atoms with Gasteiger partial charge in [0.2, 0.25) is 11.8 Å². The maximum Gasteiger partial charge on any atom is 0.305 e. The van der Waals surface area contributed by atoms with Crippen LogP contribution in [0, 0.1) is 0 Å². The van der Waals surface area contributed by atoms with Crippen molar-refractivity contribution in [2.45, 2.75) is 207 Å². The Kier molecular flexibility index (Phi) is 37.7. The van der Waals surface area contributed by atoms with E-state index in [-0.39, 0.29) is 24.2 Å². The van der Waals surface area contributed by atoms with Crippen LogP contribution in [0.15, 0.2) is 0 Å². The van der Waals surface area contributed by atoms with E-state index in [1.54, 1.807) is 0 Å². The van der Waals surface area contributed by atoms with Crippen molar-refractivity contribution in [3.63, 3.8) is 0 Å². The molecule has 1 rings (SSSR count). The molecule has 0 aromatic rings. The van der Waals surface area contributed by atoms with Crippen LogP contribution in [-0.2, 0) is 23.9 Å². The van der Waals surface area contributed by atoms with E-state index in [9.17, 15) is 24.3 Å². The van der Waals surface area contributed by atoms with Crippen LogP contribution in [0.5, 0.6) is 0 Å². The summed E-state index contributed by atoms with van der Waals surface area (Å²) in [5.74, 6) is -0.654. The molecule has 1 N–H and O–H groups in total. The first-order valence-corrected chi connectivity index (χ1v) is 25.8. The van der Waals surface area contributed by atoms with Gasteiger partial charge in [0, 0.05) is 52.1 Å². The molecule has 1 saturated heterocycles. The number of carbonyl (C=O) groups excluding carboxylic acids is 3. The van der Waals surface area contributed by atoms with Crippen molar-refractivity contribution in [3.05, 3.63) is 0 Å². The molecule has 1 fully saturated rings. The largest absolute Gasteiger partial charge is 0.481 e. The number of rotatable bonds is 43. The number of ether oxygens (including phenoxy) is 1. The van der Waals surface area contributed by atoms with Crippen LogP contribution < -0.4 is 0 Å². The Balaban J connectivity index is 2.80. The topological polar surface area (TPSA) is 114 Å². The molecule has 1 aliphatic heterocycles. The Bertz CT molecular complexity index is 1070. The molecule has 0 radical (unpaired) electrons. The van der Waals surface area contributed by atoms with Gasteiger partial charge in [-0.05, 0) is 71.2 Å². The molecule has 0 spiro atoms. The number of amides is 2. The van der Waals surface area contributed by atoms with Gasteiger partial charge in [0.05, 0.1) is 19.7 Å². The second-order valence-corrected chi connectivity index (χ2v) is 18.0. The highest BCUT2D eigenvalue weighted by molar-refractivity contribution is 5.80. The Hall–Kier alpha value is -2.24. The van der Waals surface area contributed by atoms with Crippen LogP contribution in [0.1, 0.15) is 207 Å². The lowest BCUT2D eigenvalue weighted by Gasteiger charge is -2.37. The molecular weight excluding hydrogens is 767 g/mol. The average molecular weight is 864 g/mol. The number of carbonyl (C=O) groups is 4. The third kappa shape index (κ3) is 33.0. The molecule has 0 aliphatic carbocycles. The van der Waals surface area contributed by atoms with Gasteiger partial charge in [-0.25, -0.2) is 0 Å². The fraction of sp³-hybridized carbons (Fsp3) is 0.920. The van der Waals surface area contributed by atoms with E-state index in [1.165, 1.54) is 109 Å². The predicted octanol–water partition coefficient (Wildman–Crippen LogP) is 10.2. The summed E-state index contributed by atoms with van der Waals surface area (Å²) in [5.41, 5.74) is 0. The number of hydrogen-bond acceptors (Lipinski definition) is 8. The quantitative estimate of drug-likeness (QED) is 0.0473. The van der Waals surface area contributed by atoms with Gasteiger partial charge in [0.25, 0.3) is 0 Å². The molecule has 0 bridgehead atoms. The minimum Gasteiger partial charge on any atom is -0.481 e. The molecule has 1 aliphatic rings. The smallest absolute Gasteiger partial charge is 0.305 e. The summed E-state index contributed by atoms with van der Waals surface area (Å²) in [6.45, 7) is 18.2. The first-order chi connectivity index (χ1) is 29.7. The number of carboxylic acid groups (broad SMARTS) is 1. The fourth-order valence-electron chi connectivity index (χ4n) is 8.33. The maximum absolute atomic E-state index is 13.9. The summed E-state index contributed by atoms with van der Waals surface area (Å²) in [6.07, 6.45) is 31.0. The van der Waals surface area contributed by atoms with Gasteiger partial charge in [-0.3, -0.25) is 29.0 Å². The molecule has 0 aromatic carbocycles. The zero-order chi connectivity index (χ0) is 44.6. The lowest BCUT2D eigenvalue weighted by Crippen LogP contribution is -2.54. The summed E-state index contributed by atoms with van der Waals surface area (Å²) < 4.78 is 5.50. The lowest BCUT2D eigenvalue weighted by molar-refractivity contribution is -0.144. The highest BCUT2D eigenvalue weighted by atomic mass is 16.5. The second-order valence-electron chi connectivity index (χ2n) is 18.0. The summed E-state index contributed by atoms with van der Waals surface area (Å²) >= 11 is 0. The minimum absolute atomic E-state index is 0.0803. The van der Waals surface area contributed by atoms with Crippen LogP contribution in [0.25, 0.3) is 0 Å². The van der Waals surface area contributed by atoms with Crippen molar-refractivity contribution in [2.75, 3.05) is 91.7 Å². The molecule has 0 unspecified atom stereocenters. The Labute approximate surface area is 375 Å². The first kappa shape index (κ1) is 56.8. The molecular formula is C50H97N5O6. The minimum atomic E-state index is -0.795. The number of esters is 1. The average Bonchev–Trinajstić information content (AvgIpc) is 3.25. The second kappa shape index (κ2) is 40.5.